The minimum absolute atomic E-state index is 1.06. The van der Waals surface area contributed by atoms with Crippen LogP contribution in [0.2, 0.25) is 0 Å². The lowest BCUT2D eigenvalue weighted by Crippen LogP contribution is -1.86. The number of nitrogens with zero attached hydrogens (tertiary/aromatic N) is 2. The van der Waals surface area contributed by atoms with E-state index in [1.54, 1.807) is 6.20 Å². The SMILES string of the molecule is CC.CC.CC.CC.CCc1ccccc1.Cc1nccn1C. The Balaban J connectivity index is -0.000000110. The van der Waals surface area contributed by atoms with Crippen molar-refractivity contribution in [3.8, 4) is 0 Å². The standard InChI is InChI=1S/C8H10.C5H8N2.4C2H6/c1-2-8-6-4-3-5-7-8;1-5-6-3-4-7(5)2;4*1-2/h3-7H,2H2,1H3;3-4H,1-2H3;4*1-2H3. The molecule has 0 radical (unpaired) electrons. The maximum Gasteiger partial charge on any atom is 0.105 e. The van der Waals surface area contributed by atoms with E-state index in [9.17, 15) is 0 Å². The Kier molecular flexibility index (Phi) is 36.6. The largest absolute Gasteiger partial charge is 0.338 e. The summed E-state index contributed by atoms with van der Waals surface area (Å²) >= 11 is 0. The van der Waals surface area contributed by atoms with Gasteiger partial charge in [0.1, 0.15) is 5.82 Å². The Hall–Kier alpha value is -1.57. The Bertz CT molecular complexity index is 361. The molecule has 0 saturated carbocycles. The number of imidazole rings is 1. The highest BCUT2D eigenvalue weighted by Gasteiger charge is 1.83. The van der Waals surface area contributed by atoms with E-state index < -0.39 is 0 Å². The van der Waals surface area contributed by atoms with Gasteiger partial charge in [-0.15, -0.1) is 0 Å². The third-order valence-corrected chi connectivity index (χ3v) is 2.31. The molecule has 1 heterocycles. The van der Waals surface area contributed by atoms with E-state index >= 15 is 0 Å². The third kappa shape index (κ3) is 20.4. The molecule has 2 nitrogen and oxygen atoms in total. The molecule has 2 rings (SSSR count). The summed E-state index contributed by atoms with van der Waals surface area (Å²) in [6.07, 6.45) is 4.85. The molecule has 0 aliphatic heterocycles. The summed E-state index contributed by atoms with van der Waals surface area (Å²) in [5, 5.41) is 0. The van der Waals surface area contributed by atoms with Crippen molar-refractivity contribution in [2.45, 2.75) is 75.7 Å². The average molecular weight is 323 g/mol. The van der Waals surface area contributed by atoms with E-state index in [-0.39, 0.29) is 0 Å². The average Bonchev–Trinajstić information content (AvgIpc) is 3.06. The van der Waals surface area contributed by atoms with Crippen molar-refractivity contribution in [3.63, 3.8) is 0 Å². The molecule has 0 aliphatic carbocycles. The lowest BCUT2D eigenvalue weighted by Gasteiger charge is -1.89. The highest BCUT2D eigenvalue weighted by atomic mass is 15.0. The van der Waals surface area contributed by atoms with Crippen molar-refractivity contribution in [2.24, 2.45) is 7.05 Å². The number of hydrogen-bond acceptors (Lipinski definition) is 1. The first-order valence-electron chi connectivity index (χ1n) is 9.22. The molecule has 0 fully saturated rings. The quantitative estimate of drug-likeness (QED) is 0.548. The van der Waals surface area contributed by atoms with Gasteiger partial charge in [-0.2, -0.15) is 0 Å². The van der Waals surface area contributed by atoms with E-state index in [2.05, 4.69) is 36.2 Å². The maximum atomic E-state index is 3.98. The van der Waals surface area contributed by atoms with Crippen LogP contribution in [0, 0.1) is 6.92 Å². The van der Waals surface area contributed by atoms with Crippen molar-refractivity contribution in [3.05, 3.63) is 54.1 Å². The van der Waals surface area contributed by atoms with Gasteiger partial charge in [-0.25, -0.2) is 4.98 Å². The second-order valence-electron chi connectivity index (χ2n) is 3.42. The molecule has 1 aromatic carbocycles. The topological polar surface area (TPSA) is 17.8 Å². The van der Waals surface area contributed by atoms with Gasteiger partial charge in [-0.1, -0.05) is 92.6 Å². The van der Waals surface area contributed by atoms with Crippen LogP contribution >= 0.6 is 0 Å². The van der Waals surface area contributed by atoms with Gasteiger partial charge in [-0.05, 0) is 18.9 Å². The van der Waals surface area contributed by atoms with Crippen LogP contribution in [-0.4, -0.2) is 9.55 Å². The lowest BCUT2D eigenvalue weighted by atomic mass is 10.2. The van der Waals surface area contributed by atoms with E-state index in [0.717, 1.165) is 12.2 Å². The molecule has 0 spiro atoms. The van der Waals surface area contributed by atoms with Gasteiger partial charge in [0.15, 0.2) is 0 Å². The molecule has 0 atom stereocenters. The highest BCUT2D eigenvalue weighted by molar-refractivity contribution is 5.13. The molecule has 0 unspecified atom stereocenters. The zero-order chi connectivity index (χ0) is 19.1. The van der Waals surface area contributed by atoms with Crippen LogP contribution in [0.15, 0.2) is 42.7 Å². The van der Waals surface area contributed by atoms with Crippen LogP contribution < -0.4 is 0 Å². The van der Waals surface area contributed by atoms with Crippen LogP contribution in [0.25, 0.3) is 0 Å². The fourth-order valence-corrected chi connectivity index (χ4v) is 1.15. The highest BCUT2D eigenvalue weighted by Crippen LogP contribution is 1.96. The summed E-state index contributed by atoms with van der Waals surface area (Å²) in [6, 6.07) is 10.5. The number of hydrogen-bond donors (Lipinski definition) is 0. The van der Waals surface area contributed by atoms with Crippen molar-refractivity contribution in [1.82, 2.24) is 9.55 Å². The van der Waals surface area contributed by atoms with Gasteiger partial charge in [0.05, 0.1) is 0 Å². The Morgan fingerprint density at radius 3 is 1.43 bits per heavy atom. The monoisotopic (exact) mass is 322 g/mol. The van der Waals surface area contributed by atoms with Gasteiger partial charge in [0.2, 0.25) is 0 Å². The number of aryl methyl sites for hydroxylation is 3. The summed E-state index contributed by atoms with van der Waals surface area (Å²) in [7, 11) is 1.97. The zero-order valence-corrected chi connectivity index (χ0v) is 17.6. The second-order valence-corrected chi connectivity index (χ2v) is 3.42. The summed E-state index contributed by atoms with van der Waals surface area (Å²) in [6.45, 7) is 20.1. The number of benzene rings is 1. The molecule has 1 aromatic heterocycles. The van der Waals surface area contributed by atoms with Crippen LogP contribution in [-0.2, 0) is 13.5 Å². The third-order valence-electron chi connectivity index (χ3n) is 2.31. The summed E-state index contributed by atoms with van der Waals surface area (Å²) < 4.78 is 1.97. The summed E-state index contributed by atoms with van der Waals surface area (Å²) in [5.74, 6) is 1.06. The fraction of sp³-hybridized carbons (Fsp3) is 0.571. The van der Waals surface area contributed by atoms with Gasteiger partial charge < -0.3 is 4.57 Å². The lowest BCUT2D eigenvalue weighted by molar-refractivity contribution is 0.858. The van der Waals surface area contributed by atoms with Crippen molar-refractivity contribution in [1.29, 1.82) is 0 Å². The Morgan fingerprint density at radius 2 is 1.26 bits per heavy atom. The minimum Gasteiger partial charge on any atom is -0.338 e. The first-order valence-corrected chi connectivity index (χ1v) is 9.22. The Labute approximate surface area is 147 Å². The summed E-state index contributed by atoms with van der Waals surface area (Å²) in [4.78, 5) is 3.98. The molecule has 136 valence electrons. The first kappa shape index (κ1) is 29.4. The van der Waals surface area contributed by atoms with Gasteiger partial charge in [0, 0.05) is 19.4 Å². The van der Waals surface area contributed by atoms with Gasteiger partial charge in [-0.3, -0.25) is 0 Å². The maximum absolute atomic E-state index is 3.98. The number of rotatable bonds is 1. The molecule has 0 aliphatic rings. The molecule has 0 bridgehead atoms. The van der Waals surface area contributed by atoms with Crippen LogP contribution in [0.5, 0.6) is 0 Å². The van der Waals surface area contributed by atoms with Crippen LogP contribution in [0.3, 0.4) is 0 Å². The molecular formula is C21H42N2. The molecular weight excluding hydrogens is 280 g/mol. The van der Waals surface area contributed by atoms with Crippen molar-refractivity contribution >= 4 is 0 Å². The molecule has 0 saturated heterocycles. The normalized spacial score (nSPS) is 7.09. The van der Waals surface area contributed by atoms with E-state index in [1.807, 2.05) is 86.2 Å². The predicted molar refractivity (Wildman–Crippen MR) is 109 cm³/mol. The molecule has 2 heteroatoms. The van der Waals surface area contributed by atoms with Crippen molar-refractivity contribution < 1.29 is 0 Å². The van der Waals surface area contributed by atoms with E-state index in [0.29, 0.717) is 0 Å². The zero-order valence-electron chi connectivity index (χ0n) is 17.6. The molecule has 0 N–H and O–H groups in total. The van der Waals surface area contributed by atoms with Crippen LogP contribution in [0.4, 0.5) is 0 Å². The minimum atomic E-state index is 1.06. The smallest absolute Gasteiger partial charge is 0.105 e. The number of aromatic nitrogens is 2. The van der Waals surface area contributed by atoms with Gasteiger partial charge >= 0.3 is 0 Å². The second kappa shape index (κ2) is 28.6. The summed E-state index contributed by atoms with van der Waals surface area (Å²) in [5.41, 5.74) is 1.41. The van der Waals surface area contributed by atoms with Gasteiger partial charge in [0.25, 0.3) is 0 Å². The predicted octanol–water partition coefficient (Wildman–Crippen LogP) is 7.08. The van der Waals surface area contributed by atoms with Crippen molar-refractivity contribution in [2.75, 3.05) is 0 Å². The molecule has 23 heavy (non-hydrogen) atoms. The van der Waals surface area contributed by atoms with Crippen LogP contribution in [0.1, 0.15) is 73.7 Å². The molecule has 2 aromatic rings. The molecule has 0 amide bonds. The first-order chi connectivity index (χ1) is 11.2. The Morgan fingerprint density at radius 1 is 0.826 bits per heavy atom. The van der Waals surface area contributed by atoms with E-state index in [1.165, 1.54) is 5.56 Å². The fourth-order valence-electron chi connectivity index (χ4n) is 1.15. The van der Waals surface area contributed by atoms with E-state index in [4.69, 9.17) is 0 Å².